The summed E-state index contributed by atoms with van der Waals surface area (Å²) in [6.07, 6.45) is 2.32. The second kappa shape index (κ2) is 10.3. The van der Waals surface area contributed by atoms with Gasteiger partial charge in [-0.05, 0) is 34.4 Å². The number of benzene rings is 3. The Kier molecular flexibility index (Phi) is 6.82. The highest BCUT2D eigenvalue weighted by Crippen LogP contribution is 2.41. The average molecular weight is 439 g/mol. The van der Waals surface area contributed by atoms with Crippen molar-refractivity contribution in [2.45, 2.75) is 6.29 Å². The van der Waals surface area contributed by atoms with E-state index in [0.717, 1.165) is 28.3 Å². The molecule has 0 bridgehead atoms. The summed E-state index contributed by atoms with van der Waals surface area (Å²) in [6.45, 7) is 3.04. The van der Waals surface area contributed by atoms with E-state index >= 15 is 0 Å². The Morgan fingerprint density at radius 1 is 0.939 bits per heavy atom. The molecule has 3 aromatic carbocycles. The lowest BCUT2D eigenvalue weighted by Crippen LogP contribution is -2.23. The van der Waals surface area contributed by atoms with Gasteiger partial charge in [-0.15, -0.1) is 0 Å². The van der Waals surface area contributed by atoms with Crippen molar-refractivity contribution in [3.05, 3.63) is 98.1 Å². The molecule has 164 valence electrons. The number of carbonyl (C=O) groups is 1. The van der Waals surface area contributed by atoms with Gasteiger partial charge in [0.05, 0.1) is 5.56 Å². The minimum Gasteiger partial charge on any atom is -0.486 e. The molecular formula is C26H21N3O4. The van der Waals surface area contributed by atoms with E-state index in [2.05, 4.69) is 21.5 Å². The molecule has 1 unspecified atom stereocenters. The first-order valence-electron chi connectivity index (χ1n) is 10.2. The van der Waals surface area contributed by atoms with Gasteiger partial charge in [0.1, 0.15) is 18.4 Å². The maximum Gasteiger partial charge on any atom is 0.332 e. The third kappa shape index (κ3) is 5.28. The van der Waals surface area contributed by atoms with E-state index in [1.807, 2.05) is 72.8 Å². The van der Waals surface area contributed by atoms with Crippen LogP contribution in [0.1, 0.15) is 0 Å². The first-order chi connectivity index (χ1) is 16.2. The summed E-state index contributed by atoms with van der Waals surface area (Å²) in [5, 5.41) is 10.1. The highest BCUT2D eigenvalue weighted by molar-refractivity contribution is 5.89. The van der Waals surface area contributed by atoms with E-state index in [-0.39, 0.29) is 6.61 Å². The number of hydrogen-bond acceptors (Lipinski definition) is 7. The van der Waals surface area contributed by atoms with Crippen LogP contribution in [0.2, 0.25) is 0 Å². The maximum atomic E-state index is 11.4. The zero-order chi connectivity index (χ0) is 23.0. The third-order valence-corrected chi connectivity index (χ3v) is 4.81. The number of hydrogen-bond donors (Lipinski definition) is 1. The van der Waals surface area contributed by atoms with Gasteiger partial charge < -0.3 is 14.6 Å². The molecule has 0 saturated carbocycles. The highest BCUT2D eigenvalue weighted by Gasteiger charge is 2.20. The summed E-state index contributed by atoms with van der Waals surface area (Å²) in [5.74, 6) is 0.0953. The minimum atomic E-state index is -1.47. The number of aliphatic hydroxyl groups is 1. The molecule has 0 aliphatic carbocycles. The van der Waals surface area contributed by atoms with Crippen molar-refractivity contribution in [1.29, 1.82) is 0 Å². The second-order valence-electron chi connectivity index (χ2n) is 7.00. The largest absolute Gasteiger partial charge is 0.486 e. The smallest absolute Gasteiger partial charge is 0.332 e. The van der Waals surface area contributed by atoms with Crippen LogP contribution < -0.4 is 4.74 Å². The molecule has 0 aliphatic heterocycles. The number of aliphatic hydroxyl groups excluding tert-OH is 1. The molecule has 0 aliphatic rings. The Morgan fingerprint density at radius 2 is 1.58 bits per heavy atom. The van der Waals surface area contributed by atoms with Gasteiger partial charge in [-0.2, -0.15) is 0 Å². The summed E-state index contributed by atoms with van der Waals surface area (Å²) >= 11 is 0. The lowest BCUT2D eigenvalue weighted by atomic mass is 9.93. The molecule has 4 rings (SSSR count). The lowest BCUT2D eigenvalue weighted by Gasteiger charge is -2.19. The van der Waals surface area contributed by atoms with Crippen LogP contribution in [0.5, 0.6) is 5.75 Å². The average Bonchev–Trinajstić information content (AvgIpc) is 2.88. The molecule has 1 N–H and O–H groups in total. The highest BCUT2D eigenvalue weighted by atomic mass is 16.7. The van der Waals surface area contributed by atoms with Crippen LogP contribution >= 0.6 is 0 Å². The summed E-state index contributed by atoms with van der Waals surface area (Å²) in [6, 6.07) is 23.5. The number of esters is 1. The molecule has 1 heterocycles. The predicted octanol–water partition coefficient (Wildman–Crippen LogP) is 4.30. The fraction of sp³-hybridized carbons (Fsp3) is 0.0769. The van der Waals surface area contributed by atoms with Crippen LogP contribution in [0.15, 0.2) is 98.1 Å². The Balaban J connectivity index is 1.86. The summed E-state index contributed by atoms with van der Waals surface area (Å²) < 4.78 is 10.8. The Hall–Kier alpha value is -4.36. The van der Waals surface area contributed by atoms with Gasteiger partial charge in [-0.25, -0.2) is 19.7 Å². The molecular weight excluding hydrogens is 418 g/mol. The monoisotopic (exact) mass is 439 g/mol. The molecule has 0 saturated heterocycles. The Bertz CT molecular complexity index is 1230. The maximum absolute atomic E-state index is 11.4. The van der Waals surface area contributed by atoms with Gasteiger partial charge in [0.2, 0.25) is 6.29 Å². The van der Waals surface area contributed by atoms with Crippen LogP contribution in [0.25, 0.3) is 33.6 Å². The number of aromatic nitrogens is 3. The van der Waals surface area contributed by atoms with E-state index < -0.39 is 12.3 Å². The van der Waals surface area contributed by atoms with Crippen LogP contribution in [-0.4, -0.2) is 38.9 Å². The van der Waals surface area contributed by atoms with E-state index in [1.165, 1.54) is 12.7 Å². The SMILES string of the molecule is C=CC(=O)OC(O)COc1cc(-c2ccccc2)cc(-c2ccccc2)c1-c1ncncn1. The molecule has 4 aromatic rings. The lowest BCUT2D eigenvalue weighted by molar-refractivity contribution is -0.166. The minimum absolute atomic E-state index is 0.288. The molecule has 7 nitrogen and oxygen atoms in total. The first kappa shape index (κ1) is 21.9. The quantitative estimate of drug-likeness (QED) is 0.248. The van der Waals surface area contributed by atoms with Crippen LogP contribution in [-0.2, 0) is 9.53 Å². The second-order valence-corrected chi connectivity index (χ2v) is 7.00. The van der Waals surface area contributed by atoms with Crippen molar-refractivity contribution in [2.75, 3.05) is 6.61 Å². The van der Waals surface area contributed by atoms with Gasteiger partial charge in [-0.1, -0.05) is 67.2 Å². The fourth-order valence-electron chi connectivity index (χ4n) is 3.35. The fourth-order valence-corrected chi connectivity index (χ4v) is 3.35. The molecule has 7 heteroatoms. The zero-order valence-electron chi connectivity index (χ0n) is 17.7. The Morgan fingerprint density at radius 3 is 2.21 bits per heavy atom. The van der Waals surface area contributed by atoms with E-state index in [1.54, 1.807) is 0 Å². The number of ether oxygens (including phenoxy) is 2. The van der Waals surface area contributed by atoms with Crippen molar-refractivity contribution in [2.24, 2.45) is 0 Å². The molecule has 33 heavy (non-hydrogen) atoms. The zero-order valence-corrected chi connectivity index (χ0v) is 17.7. The standard InChI is InChI=1S/C26H21N3O4/c1-2-23(30)33-24(31)15-32-22-14-20(18-9-5-3-6-10-18)13-21(19-11-7-4-8-12-19)25(22)26-28-16-27-17-29-26/h2-14,16-17,24,31H,1,15H2. The molecule has 0 fully saturated rings. The van der Waals surface area contributed by atoms with Crippen LogP contribution in [0, 0.1) is 0 Å². The van der Waals surface area contributed by atoms with Crippen LogP contribution in [0.3, 0.4) is 0 Å². The van der Waals surface area contributed by atoms with Gasteiger partial charge in [0.25, 0.3) is 0 Å². The Labute approximate surface area is 191 Å². The van der Waals surface area contributed by atoms with Crippen molar-refractivity contribution >= 4 is 5.97 Å². The summed E-state index contributed by atoms with van der Waals surface area (Å²) in [7, 11) is 0. The molecule has 0 radical (unpaired) electrons. The normalized spacial score (nSPS) is 11.4. The van der Waals surface area contributed by atoms with Gasteiger partial charge in [0, 0.05) is 6.08 Å². The van der Waals surface area contributed by atoms with Crippen molar-refractivity contribution in [1.82, 2.24) is 15.0 Å². The van der Waals surface area contributed by atoms with E-state index in [4.69, 9.17) is 9.47 Å². The van der Waals surface area contributed by atoms with Gasteiger partial charge in [0.15, 0.2) is 12.4 Å². The van der Waals surface area contributed by atoms with E-state index in [9.17, 15) is 9.90 Å². The number of carbonyl (C=O) groups excluding carboxylic acids is 1. The number of nitrogens with zero attached hydrogens (tertiary/aromatic N) is 3. The van der Waals surface area contributed by atoms with Gasteiger partial charge in [-0.3, -0.25) is 0 Å². The third-order valence-electron chi connectivity index (χ3n) is 4.81. The van der Waals surface area contributed by atoms with Crippen molar-refractivity contribution < 1.29 is 19.4 Å². The molecule has 0 spiro atoms. The molecule has 0 amide bonds. The van der Waals surface area contributed by atoms with Crippen molar-refractivity contribution in [3.63, 3.8) is 0 Å². The predicted molar refractivity (Wildman–Crippen MR) is 124 cm³/mol. The summed E-state index contributed by atoms with van der Waals surface area (Å²) in [5.41, 5.74) is 4.30. The molecule has 1 atom stereocenters. The first-order valence-corrected chi connectivity index (χ1v) is 10.2. The number of rotatable bonds is 8. The molecule has 1 aromatic heterocycles. The topological polar surface area (TPSA) is 94.4 Å². The van der Waals surface area contributed by atoms with Gasteiger partial charge >= 0.3 is 5.97 Å². The van der Waals surface area contributed by atoms with E-state index in [0.29, 0.717) is 17.1 Å². The van der Waals surface area contributed by atoms with Crippen molar-refractivity contribution in [3.8, 4) is 39.4 Å². The van der Waals surface area contributed by atoms with Crippen LogP contribution in [0.4, 0.5) is 0 Å². The summed E-state index contributed by atoms with van der Waals surface area (Å²) in [4.78, 5) is 24.0.